The fourth-order valence-electron chi connectivity index (χ4n) is 1.79. The molecule has 1 aromatic rings. The van der Waals surface area contributed by atoms with Gasteiger partial charge in [0.15, 0.2) is 0 Å². The van der Waals surface area contributed by atoms with Gasteiger partial charge < -0.3 is 0 Å². The lowest BCUT2D eigenvalue weighted by molar-refractivity contribution is 0.266. The molecule has 0 heterocycles. The molecule has 0 saturated heterocycles. The Kier molecular flexibility index (Phi) is 5.31. The lowest BCUT2D eigenvalue weighted by atomic mass is 10.1. The molecule has 0 aliphatic carbocycles. The van der Waals surface area contributed by atoms with Gasteiger partial charge in [-0.05, 0) is 26.5 Å². The molecule has 1 atom stereocenters. The van der Waals surface area contributed by atoms with E-state index in [-0.39, 0.29) is 6.04 Å². The Balaban J connectivity index is 2.54. The summed E-state index contributed by atoms with van der Waals surface area (Å²) in [6.07, 6.45) is 1.18. The zero-order valence-electron chi connectivity index (χ0n) is 11.5. The molecule has 0 aliphatic heterocycles. The zero-order valence-corrected chi connectivity index (χ0v) is 12.3. The maximum Gasteiger partial charge on any atom is 0.208 e. The largest absolute Gasteiger partial charge is 0.298 e. The zero-order chi connectivity index (χ0) is 13.8. The van der Waals surface area contributed by atoms with Gasteiger partial charge in [-0.15, -0.1) is 0 Å². The predicted octanol–water partition coefficient (Wildman–Crippen LogP) is 1.54. The van der Waals surface area contributed by atoms with Crippen LogP contribution in [0.2, 0.25) is 0 Å². The van der Waals surface area contributed by atoms with Gasteiger partial charge in [-0.2, -0.15) is 0 Å². The number of hydrogen-bond acceptors (Lipinski definition) is 3. The van der Waals surface area contributed by atoms with Crippen molar-refractivity contribution in [3.63, 3.8) is 0 Å². The molecular weight excluding hydrogens is 248 g/mol. The van der Waals surface area contributed by atoms with Gasteiger partial charge in [0.2, 0.25) is 10.0 Å². The van der Waals surface area contributed by atoms with Crippen LogP contribution in [0.3, 0.4) is 0 Å². The SMILES string of the molecule is Cc1cccc([C@@H](C)N(C)CCNS(C)(=O)=O)c1. The normalized spacial score (nSPS) is 13.8. The van der Waals surface area contributed by atoms with Crippen LogP contribution >= 0.6 is 0 Å². The van der Waals surface area contributed by atoms with Crippen LogP contribution in [0, 0.1) is 6.92 Å². The Morgan fingerprint density at radius 3 is 2.61 bits per heavy atom. The van der Waals surface area contributed by atoms with Crippen LogP contribution in [0.15, 0.2) is 24.3 Å². The first-order chi connectivity index (χ1) is 8.29. The molecule has 1 aromatic carbocycles. The Labute approximate surface area is 110 Å². The highest BCUT2D eigenvalue weighted by molar-refractivity contribution is 7.88. The number of benzene rings is 1. The summed E-state index contributed by atoms with van der Waals surface area (Å²) < 4.78 is 24.4. The fourth-order valence-corrected chi connectivity index (χ4v) is 2.25. The van der Waals surface area contributed by atoms with Gasteiger partial charge in [0.25, 0.3) is 0 Å². The Morgan fingerprint density at radius 1 is 1.39 bits per heavy atom. The highest BCUT2D eigenvalue weighted by atomic mass is 32.2. The molecule has 4 nitrogen and oxygen atoms in total. The summed E-state index contributed by atoms with van der Waals surface area (Å²) in [4.78, 5) is 2.13. The number of rotatable bonds is 6. The van der Waals surface area contributed by atoms with Gasteiger partial charge in [-0.3, -0.25) is 4.90 Å². The summed E-state index contributed by atoms with van der Waals surface area (Å²) >= 11 is 0. The molecule has 0 saturated carbocycles. The Bertz CT molecular complexity index is 486. The van der Waals surface area contributed by atoms with Gasteiger partial charge in [0.1, 0.15) is 0 Å². The van der Waals surface area contributed by atoms with E-state index in [4.69, 9.17) is 0 Å². The average molecular weight is 270 g/mol. The fraction of sp³-hybridized carbons (Fsp3) is 0.538. The van der Waals surface area contributed by atoms with Crippen molar-refractivity contribution < 1.29 is 8.42 Å². The number of nitrogens with one attached hydrogen (secondary N) is 1. The maximum atomic E-state index is 11.0. The van der Waals surface area contributed by atoms with Crippen LogP contribution in [0.4, 0.5) is 0 Å². The first-order valence-corrected chi connectivity index (χ1v) is 7.90. The first kappa shape index (κ1) is 15.1. The summed E-state index contributed by atoms with van der Waals surface area (Å²) in [5.74, 6) is 0. The molecule has 0 aliphatic rings. The number of hydrogen-bond donors (Lipinski definition) is 1. The van der Waals surface area contributed by atoms with Crippen LogP contribution in [-0.2, 0) is 10.0 Å². The van der Waals surface area contributed by atoms with Crippen molar-refractivity contribution in [2.24, 2.45) is 0 Å². The second-order valence-corrected chi connectivity index (χ2v) is 6.57. The second kappa shape index (κ2) is 6.31. The van der Waals surface area contributed by atoms with Crippen LogP contribution < -0.4 is 4.72 Å². The third-order valence-electron chi connectivity index (χ3n) is 3.01. The maximum absolute atomic E-state index is 11.0. The van der Waals surface area contributed by atoms with Gasteiger partial charge in [-0.25, -0.2) is 13.1 Å². The molecule has 0 fully saturated rings. The third-order valence-corrected chi connectivity index (χ3v) is 3.74. The van der Waals surface area contributed by atoms with E-state index in [2.05, 4.69) is 41.7 Å². The summed E-state index contributed by atoms with van der Waals surface area (Å²) in [6, 6.07) is 8.64. The monoisotopic (exact) mass is 270 g/mol. The number of aryl methyl sites for hydroxylation is 1. The number of nitrogens with zero attached hydrogens (tertiary/aromatic N) is 1. The molecule has 0 bridgehead atoms. The van der Waals surface area contributed by atoms with Gasteiger partial charge >= 0.3 is 0 Å². The minimum Gasteiger partial charge on any atom is -0.298 e. The topological polar surface area (TPSA) is 49.4 Å². The Morgan fingerprint density at radius 2 is 2.06 bits per heavy atom. The molecular formula is C13H22N2O2S. The predicted molar refractivity (Wildman–Crippen MR) is 75.1 cm³/mol. The van der Waals surface area contributed by atoms with E-state index < -0.39 is 10.0 Å². The molecule has 5 heteroatoms. The van der Waals surface area contributed by atoms with Crippen molar-refractivity contribution in [3.8, 4) is 0 Å². The smallest absolute Gasteiger partial charge is 0.208 e. The quantitative estimate of drug-likeness (QED) is 0.853. The standard InChI is InChI=1S/C13H22N2O2S/c1-11-6-5-7-13(10-11)12(2)15(3)9-8-14-18(4,16)17/h5-7,10,12,14H,8-9H2,1-4H3/t12-/m1/s1. The summed E-state index contributed by atoms with van der Waals surface area (Å²) in [5.41, 5.74) is 2.49. The van der Waals surface area contributed by atoms with Crippen LogP contribution in [-0.4, -0.2) is 39.7 Å². The van der Waals surface area contributed by atoms with Crippen molar-refractivity contribution in [2.75, 3.05) is 26.4 Å². The molecule has 0 radical (unpaired) electrons. The molecule has 0 aromatic heterocycles. The van der Waals surface area contributed by atoms with E-state index in [1.165, 1.54) is 17.4 Å². The van der Waals surface area contributed by atoms with Gasteiger partial charge in [0.05, 0.1) is 6.26 Å². The molecule has 1 rings (SSSR count). The van der Waals surface area contributed by atoms with E-state index in [1.807, 2.05) is 13.1 Å². The Hall–Kier alpha value is -0.910. The molecule has 0 unspecified atom stereocenters. The molecule has 0 spiro atoms. The first-order valence-electron chi connectivity index (χ1n) is 6.01. The highest BCUT2D eigenvalue weighted by Gasteiger charge is 2.11. The van der Waals surface area contributed by atoms with E-state index in [0.717, 1.165) is 0 Å². The van der Waals surface area contributed by atoms with Crippen LogP contribution in [0.25, 0.3) is 0 Å². The summed E-state index contributed by atoms with van der Waals surface area (Å²) in [6.45, 7) is 5.31. The van der Waals surface area contributed by atoms with Crippen molar-refractivity contribution in [2.45, 2.75) is 19.9 Å². The summed E-state index contributed by atoms with van der Waals surface area (Å²) in [5, 5.41) is 0. The molecule has 102 valence electrons. The second-order valence-electron chi connectivity index (χ2n) is 4.74. The minimum absolute atomic E-state index is 0.270. The lowest BCUT2D eigenvalue weighted by Gasteiger charge is -2.25. The van der Waals surface area contributed by atoms with Crippen molar-refractivity contribution >= 4 is 10.0 Å². The van der Waals surface area contributed by atoms with Crippen LogP contribution in [0.1, 0.15) is 24.1 Å². The number of sulfonamides is 1. The average Bonchev–Trinajstić information content (AvgIpc) is 2.26. The van der Waals surface area contributed by atoms with Crippen molar-refractivity contribution in [1.29, 1.82) is 0 Å². The van der Waals surface area contributed by atoms with Crippen molar-refractivity contribution in [3.05, 3.63) is 35.4 Å². The molecule has 0 amide bonds. The highest BCUT2D eigenvalue weighted by Crippen LogP contribution is 2.18. The van der Waals surface area contributed by atoms with Crippen LogP contribution in [0.5, 0.6) is 0 Å². The van der Waals surface area contributed by atoms with Crippen molar-refractivity contribution in [1.82, 2.24) is 9.62 Å². The van der Waals surface area contributed by atoms with E-state index in [1.54, 1.807) is 0 Å². The summed E-state index contributed by atoms with van der Waals surface area (Å²) in [7, 11) is -1.10. The lowest BCUT2D eigenvalue weighted by Crippen LogP contribution is -2.33. The van der Waals surface area contributed by atoms with E-state index >= 15 is 0 Å². The number of likely N-dealkylation sites (N-methyl/N-ethyl adjacent to an activating group) is 1. The minimum atomic E-state index is -3.09. The van der Waals surface area contributed by atoms with Gasteiger partial charge in [-0.1, -0.05) is 29.8 Å². The van der Waals surface area contributed by atoms with Gasteiger partial charge in [0, 0.05) is 19.1 Å². The third kappa shape index (κ3) is 5.16. The van der Waals surface area contributed by atoms with E-state index in [0.29, 0.717) is 13.1 Å². The van der Waals surface area contributed by atoms with E-state index in [9.17, 15) is 8.42 Å². The molecule has 1 N–H and O–H groups in total. The molecule has 18 heavy (non-hydrogen) atoms.